The Bertz CT molecular complexity index is 618. The Morgan fingerprint density at radius 1 is 1.22 bits per heavy atom. The molecule has 0 saturated carbocycles. The molecule has 23 heavy (non-hydrogen) atoms. The quantitative estimate of drug-likeness (QED) is 0.594. The molecule has 2 rings (SSSR count). The van der Waals surface area contributed by atoms with E-state index in [2.05, 4.69) is 15.9 Å². The molecule has 0 spiro atoms. The van der Waals surface area contributed by atoms with Gasteiger partial charge in [-0.25, -0.2) is 4.79 Å². The van der Waals surface area contributed by atoms with Gasteiger partial charge in [0.05, 0.1) is 12.0 Å². The predicted octanol–water partition coefficient (Wildman–Crippen LogP) is 3.37. The van der Waals surface area contributed by atoms with Crippen molar-refractivity contribution < 1.29 is 19.2 Å². The number of benzene rings is 1. The highest BCUT2D eigenvalue weighted by atomic mass is 79.9. The van der Waals surface area contributed by atoms with Crippen molar-refractivity contribution in [2.75, 3.05) is 6.54 Å². The first-order chi connectivity index (χ1) is 10.7. The van der Waals surface area contributed by atoms with Crippen LogP contribution in [-0.4, -0.2) is 29.3 Å². The Morgan fingerprint density at radius 2 is 1.83 bits per heavy atom. The Kier molecular flexibility index (Phi) is 5.24. The largest absolute Gasteiger partial charge is 0.338 e. The summed E-state index contributed by atoms with van der Waals surface area (Å²) in [5.74, 6) is -1.96. The van der Waals surface area contributed by atoms with E-state index < -0.39 is 23.2 Å². The van der Waals surface area contributed by atoms with Gasteiger partial charge in [-0.2, -0.15) is 5.06 Å². The second kappa shape index (κ2) is 6.83. The number of ketones is 1. The van der Waals surface area contributed by atoms with Gasteiger partial charge in [-0.3, -0.25) is 9.59 Å². The van der Waals surface area contributed by atoms with Gasteiger partial charge in [0.1, 0.15) is 5.92 Å². The predicted molar refractivity (Wildman–Crippen MR) is 88.5 cm³/mol. The number of nitrogens with zero attached hydrogens (tertiary/aromatic N) is 1. The van der Waals surface area contributed by atoms with Crippen LogP contribution in [0.4, 0.5) is 0 Å². The van der Waals surface area contributed by atoms with E-state index in [1.807, 2.05) is 0 Å². The fourth-order valence-electron chi connectivity index (χ4n) is 2.23. The maximum absolute atomic E-state index is 12.5. The SMILES string of the molecule is CC(C)(C)C(=O)ON1CCCC(C(=O)c2ccc(Br)cc2)C1=O. The second-order valence-corrected chi connectivity index (χ2v) is 7.55. The zero-order valence-electron chi connectivity index (χ0n) is 13.5. The van der Waals surface area contributed by atoms with Crippen LogP contribution in [0.1, 0.15) is 44.0 Å². The van der Waals surface area contributed by atoms with E-state index in [0.717, 1.165) is 9.54 Å². The van der Waals surface area contributed by atoms with Gasteiger partial charge in [0.25, 0.3) is 5.91 Å². The van der Waals surface area contributed by atoms with Crippen molar-refractivity contribution in [2.24, 2.45) is 11.3 Å². The number of carbonyl (C=O) groups excluding carboxylic acids is 3. The molecule has 1 saturated heterocycles. The number of halogens is 1. The number of amides is 1. The van der Waals surface area contributed by atoms with Crippen LogP contribution in [0.25, 0.3) is 0 Å². The fraction of sp³-hybridized carbons (Fsp3) is 0.471. The maximum Gasteiger partial charge on any atom is 0.337 e. The van der Waals surface area contributed by atoms with Gasteiger partial charge >= 0.3 is 5.97 Å². The Balaban J connectivity index is 2.11. The van der Waals surface area contributed by atoms with Crippen LogP contribution in [0.5, 0.6) is 0 Å². The Hall–Kier alpha value is -1.69. The number of piperidine rings is 1. The van der Waals surface area contributed by atoms with Gasteiger partial charge in [-0.1, -0.05) is 28.1 Å². The third-order valence-corrected chi connectivity index (χ3v) is 4.18. The normalized spacial score (nSPS) is 18.7. The molecule has 1 unspecified atom stereocenters. The van der Waals surface area contributed by atoms with Crippen molar-refractivity contribution in [1.82, 2.24) is 5.06 Å². The molecule has 1 aliphatic heterocycles. The van der Waals surface area contributed by atoms with E-state index in [0.29, 0.717) is 24.9 Å². The number of hydrogen-bond donors (Lipinski definition) is 0. The van der Waals surface area contributed by atoms with Gasteiger partial charge in [0.2, 0.25) is 0 Å². The summed E-state index contributed by atoms with van der Waals surface area (Å²) in [7, 11) is 0. The molecule has 0 aromatic heterocycles. The average molecular weight is 382 g/mol. The molecule has 0 N–H and O–H groups in total. The summed E-state index contributed by atoms with van der Waals surface area (Å²) in [5.41, 5.74) is -0.223. The lowest BCUT2D eigenvalue weighted by atomic mass is 9.90. The van der Waals surface area contributed by atoms with E-state index >= 15 is 0 Å². The highest BCUT2D eigenvalue weighted by Gasteiger charge is 2.38. The van der Waals surface area contributed by atoms with Gasteiger partial charge in [-0.15, -0.1) is 0 Å². The minimum absolute atomic E-state index is 0.237. The van der Waals surface area contributed by atoms with Gasteiger partial charge < -0.3 is 4.84 Å². The first kappa shape index (κ1) is 17.7. The molecule has 1 aliphatic rings. The zero-order valence-corrected chi connectivity index (χ0v) is 15.1. The summed E-state index contributed by atoms with van der Waals surface area (Å²) >= 11 is 3.31. The molecule has 6 heteroatoms. The number of Topliss-reactive ketones (excluding diaryl/α,β-unsaturated/α-hetero) is 1. The van der Waals surface area contributed by atoms with Crippen LogP contribution in [-0.2, 0) is 14.4 Å². The number of hydroxylamine groups is 2. The topological polar surface area (TPSA) is 63.7 Å². The molecular formula is C17H20BrNO4. The molecule has 0 aliphatic carbocycles. The Labute approximate surface area is 144 Å². The second-order valence-electron chi connectivity index (χ2n) is 6.64. The van der Waals surface area contributed by atoms with Gasteiger partial charge in [-0.05, 0) is 45.7 Å². The van der Waals surface area contributed by atoms with Crippen LogP contribution in [0, 0.1) is 11.3 Å². The number of hydrogen-bond acceptors (Lipinski definition) is 4. The standard InChI is InChI=1S/C17H20BrNO4/c1-17(2,3)16(22)23-19-10-4-5-13(15(19)21)14(20)11-6-8-12(18)9-7-11/h6-9,13H,4-5,10H2,1-3H3. The molecule has 5 nitrogen and oxygen atoms in total. The van der Waals surface area contributed by atoms with Crippen molar-refractivity contribution >= 4 is 33.6 Å². The van der Waals surface area contributed by atoms with Crippen LogP contribution in [0.2, 0.25) is 0 Å². The molecule has 1 heterocycles. The molecule has 1 fully saturated rings. The molecule has 0 bridgehead atoms. The highest BCUT2D eigenvalue weighted by Crippen LogP contribution is 2.25. The van der Waals surface area contributed by atoms with Crippen molar-refractivity contribution in [2.45, 2.75) is 33.6 Å². The lowest BCUT2D eigenvalue weighted by molar-refractivity contribution is -0.210. The first-order valence-corrected chi connectivity index (χ1v) is 8.33. The summed E-state index contributed by atoms with van der Waals surface area (Å²) < 4.78 is 0.866. The van der Waals surface area contributed by atoms with Crippen molar-refractivity contribution in [3.05, 3.63) is 34.3 Å². The van der Waals surface area contributed by atoms with E-state index in [1.165, 1.54) is 0 Å². The van der Waals surface area contributed by atoms with Gasteiger partial charge in [0.15, 0.2) is 5.78 Å². The zero-order chi connectivity index (χ0) is 17.2. The van der Waals surface area contributed by atoms with Crippen molar-refractivity contribution in [3.8, 4) is 0 Å². The lowest BCUT2D eigenvalue weighted by Gasteiger charge is -2.31. The van der Waals surface area contributed by atoms with Crippen LogP contribution >= 0.6 is 15.9 Å². The molecule has 1 aromatic carbocycles. The molecule has 0 radical (unpaired) electrons. The van der Waals surface area contributed by atoms with Crippen LogP contribution in [0.3, 0.4) is 0 Å². The Morgan fingerprint density at radius 3 is 2.39 bits per heavy atom. The third-order valence-electron chi connectivity index (χ3n) is 3.65. The minimum Gasteiger partial charge on any atom is -0.338 e. The minimum atomic E-state index is -0.794. The molecule has 1 amide bonds. The van der Waals surface area contributed by atoms with E-state index in [-0.39, 0.29) is 5.78 Å². The van der Waals surface area contributed by atoms with Gasteiger partial charge in [0, 0.05) is 10.0 Å². The molecule has 124 valence electrons. The molecular weight excluding hydrogens is 362 g/mol. The summed E-state index contributed by atoms with van der Waals surface area (Å²) in [6.45, 7) is 5.47. The maximum atomic E-state index is 12.5. The summed E-state index contributed by atoms with van der Waals surface area (Å²) in [6, 6.07) is 6.88. The number of carbonyl (C=O) groups is 3. The highest BCUT2D eigenvalue weighted by molar-refractivity contribution is 9.10. The molecule has 1 atom stereocenters. The van der Waals surface area contributed by atoms with Crippen molar-refractivity contribution in [3.63, 3.8) is 0 Å². The van der Waals surface area contributed by atoms with Crippen LogP contribution in [0.15, 0.2) is 28.7 Å². The first-order valence-electron chi connectivity index (χ1n) is 7.53. The summed E-state index contributed by atoms with van der Waals surface area (Å²) in [6.07, 6.45) is 1.09. The number of rotatable bonds is 3. The van der Waals surface area contributed by atoms with E-state index in [4.69, 9.17) is 4.84 Å². The average Bonchev–Trinajstić information content (AvgIpc) is 2.48. The summed E-state index contributed by atoms with van der Waals surface area (Å²) in [5, 5.41) is 1.04. The fourth-order valence-corrected chi connectivity index (χ4v) is 2.50. The van der Waals surface area contributed by atoms with Crippen LogP contribution < -0.4 is 0 Å². The summed E-state index contributed by atoms with van der Waals surface area (Å²) in [4.78, 5) is 42.2. The smallest absolute Gasteiger partial charge is 0.337 e. The lowest BCUT2D eigenvalue weighted by Crippen LogP contribution is -2.46. The van der Waals surface area contributed by atoms with Crippen molar-refractivity contribution in [1.29, 1.82) is 0 Å². The van der Waals surface area contributed by atoms with E-state index in [9.17, 15) is 14.4 Å². The molecule has 1 aromatic rings. The monoisotopic (exact) mass is 381 g/mol. The third kappa shape index (κ3) is 4.19. The van der Waals surface area contributed by atoms with E-state index in [1.54, 1.807) is 45.0 Å².